The van der Waals surface area contributed by atoms with E-state index in [1.807, 2.05) is 24.3 Å². The van der Waals surface area contributed by atoms with Gasteiger partial charge in [-0.1, -0.05) is 24.3 Å². The third-order valence-corrected chi connectivity index (χ3v) is 4.83. The number of aromatic amines is 1. The van der Waals surface area contributed by atoms with Crippen LogP contribution in [0, 0.1) is 0 Å². The van der Waals surface area contributed by atoms with Crippen LogP contribution in [0.5, 0.6) is 6.01 Å². The summed E-state index contributed by atoms with van der Waals surface area (Å²) < 4.78 is 18.6. The summed E-state index contributed by atoms with van der Waals surface area (Å²) in [7, 11) is -0.735. The van der Waals surface area contributed by atoms with E-state index in [9.17, 15) is 9.36 Å². The molecule has 0 amide bonds. The highest BCUT2D eigenvalue weighted by Crippen LogP contribution is 2.40. The van der Waals surface area contributed by atoms with E-state index in [0.29, 0.717) is 23.9 Å². The molecule has 0 aliphatic heterocycles. The molecule has 2 heterocycles. The number of nitrogens with zero attached hydrogens (tertiary/aromatic N) is 3. The van der Waals surface area contributed by atoms with Crippen molar-refractivity contribution < 1.29 is 9.30 Å². The largest absolute Gasteiger partial charge is 0.467 e. The molecule has 132 valence electrons. The van der Waals surface area contributed by atoms with E-state index < -0.39 is 7.14 Å². The van der Waals surface area contributed by atoms with Gasteiger partial charge in [0.25, 0.3) is 0 Å². The minimum atomic E-state index is -2.17. The fourth-order valence-electron chi connectivity index (χ4n) is 2.72. The number of H-pyrrole nitrogens is 1. The van der Waals surface area contributed by atoms with Gasteiger partial charge in [0.05, 0.1) is 20.8 Å². The number of nitrogens with one attached hydrogen (secondary N) is 1. The Bertz CT molecular complexity index is 1030. The summed E-state index contributed by atoms with van der Waals surface area (Å²) in [6.07, 6.45) is 0.520. The van der Waals surface area contributed by atoms with Crippen LogP contribution in [0.25, 0.3) is 11.2 Å². The van der Waals surface area contributed by atoms with Gasteiger partial charge in [0.1, 0.15) is 5.52 Å². The van der Waals surface area contributed by atoms with Gasteiger partial charge in [0, 0.05) is 6.16 Å². The second kappa shape index (κ2) is 6.37. The van der Waals surface area contributed by atoms with Gasteiger partial charge in [-0.05, 0) is 24.5 Å². The number of nitrogen functional groups attached to an aromatic ring is 1. The van der Waals surface area contributed by atoms with Crippen LogP contribution in [-0.4, -0.2) is 40.0 Å². The molecule has 9 heteroatoms. The second-order valence-corrected chi connectivity index (χ2v) is 9.83. The molecule has 0 saturated heterocycles. The average Bonchev–Trinajstić information content (AvgIpc) is 2.83. The Morgan fingerprint density at radius 2 is 2.00 bits per heavy atom. The third kappa shape index (κ3) is 3.74. The normalized spacial score (nSPS) is 11.8. The number of nitrogens with two attached hydrogens (primary N) is 1. The number of methoxy groups -OCH3 is 1. The molecule has 2 aromatic heterocycles. The van der Waals surface area contributed by atoms with Gasteiger partial charge in [-0.25, -0.2) is 4.79 Å². The first-order valence-electron chi connectivity index (χ1n) is 7.68. The first kappa shape index (κ1) is 17.2. The topological polar surface area (TPSA) is 116 Å². The van der Waals surface area contributed by atoms with Crippen LogP contribution in [0.3, 0.4) is 0 Å². The van der Waals surface area contributed by atoms with Crippen LogP contribution in [0.4, 0.5) is 5.82 Å². The van der Waals surface area contributed by atoms with Crippen LogP contribution in [-0.2, 0) is 17.3 Å². The lowest BCUT2D eigenvalue weighted by molar-refractivity contribution is 0.382. The van der Waals surface area contributed by atoms with Crippen LogP contribution in [0.1, 0.15) is 11.1 Å². The predicted octanol–water partition coefficient (Wildman–Crippen LogP) is 1.88. The zero-order chi connectivity index (χ0) is 18.2. The van der Waals surface area contributed by atoms with Gasteiger partial charge >= 0.3 is 11.7 Å². The average molecular weight is 361 g/mol. The summed E-state index contributed by atoms with van der Waals surface area (Å²) in [5.41, 5.74) is 8.18. The number of aromatic nitrogens is 4. The van der Waals surface area contributed by atoms with E-state index in [1.165, 1.54) is 11.7 Å². The van der Waals surface area contributed by atoms with Crippen LogP contribution >= 0.6 is 7.14 Å². The molecule has 0 unspecified atom stereocenters. The van der Waals surface area contributed by atoms with Crippen molar-refractivity contribution in [3.63, 3.8) is 0 Å². The number of imidazole rings is 1. The van der Waals surface area contributed by atoms with E-state index >= 15 is 0 Å². The van der Waals surface area contributed by atoms with Crippen LogP contribution in [0.2, 0.25) is 0 Å². The molecular weight excluding hydrogens is 341 g/mol. The lowest BCUT2D eigenvalue weighted by Gasteiger charge is -2.09. The molecule has 0 atom stereocenters. The molecule has 0 fully saturated rings. The maximum Gasteiger partial charge on any atom is 0.328 e. The Morgan fingerprint density at radius 1 is 1.28 bits per heavy atom. The fraction of sp³-hybridized carbons (Fsp3) is 0.312. The molecule has 0 saturated carbocycles. The molecule has 0 aliphatic carbocycles. The minimum absolute atomic E-state index is 0.101. The Labute approximate surface area is 144 Å². The van der Waals surface area contributed by atoms with Crippen molar-refractivity contribution in [2.45, 2.75) is 12.7 Å². The van der Waals surface area contributed by atoms with Crippen LogP contribution < -0.4 is 16.2 Å². The van der Waals surface area contributed by atoms with Crippen LogP contribution in [0.15, 0.2) is 29.1 Å². The Hall–Kier alpha value is -2.60. The maximum atomic E-state index is 12.3. The summed E-state index contributed by atoms with van der Waals surface area (Å²) in [6, 6.07) is 7.79. The van der Waals surface area contributed by atoms with E-state index in [4.69, 9.17) is 10.5 Å². The van der Waals surface area contributed by atoms with E-state index in [0.717, 1.165) is 11.1 Å². The van der Waals surface area contributed by atoms with Crippen molar-refractivity contribution in [2.75, 3.05) is 26.2 Å². The molecule has 3 rings (SSSR count). The summed E-state index contributed by atoms with van der Waals surface area (Å²) in [5, 5.41) is 0. The smallest absolute Gasteiger partial charge is 0.328 e. The summed E-state index contributed by atoms with van der Waals surface area (Å²) in [5.74, 6) is 0.157. The van der Waals surface area contributed by atoms with Gasteiger partial charge in [0.15, 0.2) is 11.5 Å². The van der Waals surface area contributed by atoms with Crippen molar-refractivity contribution in [3.8, 4) is 6.01 Å². The van der Waals surface area contributed by atoms with Crippen molar-refractivity contribution in [3.05, 3.63) is 45.9 Å². The molecular formula is C16H20N5O3P. The number of fused-ring (bicyclic) bond motifs is 1. The van der Waals surface area contributed by atoms with E-state index in [2.05, 4.69) is 15.0 Å². The van der Waals surface area contributed by atoms with Gasteiger partial charge < -0.3 is 20.0 Å². The van der Waals surface area contributed by atoms with Crippen molar-refractivity contribution in [2.24, 2.45) is 0 Å². The lowest BCUT2D eigenvalue weighted by Crippen LogP contribution is -2.17. The van der Waals surface area contributed by atoms with Gasteiger partial charge in [-0.15, -0.1) is 0 Å². The second-order valence-electron chi connectivity index (χ2n) is 6.36. The molecule has 1 aromatic carbocycles. The monoisotopic (exact) mass is 361 g/mol. The first-order valence-corrected chi connectivity index (χ1v) is 10.5. The maximum absolute atomic E-state index is 12.3. The lowest BCUT2D eigenvalue weighted by atomic mass is 10.1. The quantitative estimate of drug-likeness (QED) is 0.670. The van der Waals surface area contributed by atoms with Gasteiger partial charge in [-0.2, -0.15) is 9.97 Å². The summed E-state index contributed by atoms with van der Waals surface area (Å²) >= 11 is 0. The molecule has 3 N–H and O–H groups in total. The Kier molecular flexibility index (Phi) is 4.39. The summed E-state index contributed by atoms with van der Waals surface area (Å²) in [4.78, 5) is 23.2. The van der Waals surface area contributed by atoms with Crippen molar-refractivity contribution in [1.29, 1.82) is 0 Å². The number of anilines is 1. The third-order valence-electron chi connectivity index (χ3n) is 3.71. The van der Waals surface area contributed by atoms with E-state index in [1.54, 1.807) is 13.3 Å². The number of hydrogen-bond acceptors (Lipinski definition) is 6. The fourth-order valence-corrected chi connectivity index (χ4v) is 3.79. The zero-order valence-electron chi connectivity index (χ0n) is 14.3. The molecule has 0 bridgehead atoms. The number of benzene rings is 1. The molecule has 25 heavy (non-hydrogen) atoms. The SMILES string of the molecule is COc1nc(N)c2[nH]c(=O)n(Cc3cccc(CP(C)(C)=O)c3)c2n1. The predicted molar refractivity (Wildman–Crippen MR) is 97.8 cm³/mol. The number of ether oxygens (including phenoxy) is 1. The zero-order valence-corrected chi connectivity index (χ0v) is 15.2. The van der Waals surface area contributed by atoms with Gasteiger partial charge in [-0.3, -0.25) is 4.57 Å². The first-order chi connectivity index (χ1) is 11.8. The van der Waals surface area contributed by atoms with Crippen molar-refractivity contribution >= 4 is 24.1 Å². The highest BCUT2D eigenvalue weighted by molar-refractivity contribution is 7.61. The molecule has 3 aromatic rings. The number of hydrogen-bond donors (Lipinski definition) is 2. The number of rotatable bonds is 5. The Balaban J connectivity index is 2.02. The summed E-state index contributed by atoms with van der Waals surface area (Å²) in [6.45, 7) is 3.83. The molecule has 0 aliphatic rings. The molecule has 0 spiro atoms. The van der Waals surface area contributed by atoms with Crippen molar-refractivity contribution in [1.82, 2.24) is 19.5 Å². The minimum Gasteiger partial charge on any atom is -0.467 e. The standard InChI is InChI=1S/C16H20N5O3P/c1-24-15-19-13(17)12-14(20-15)21(16(22)18-12)8-10-5-4-6-11(7-10)9-25(2,3)23/h4-7H,8-9H2,1-3H3,(H,18,22)(H2,17,19,20). The molecule has 8 nitrogen and oxygen atoms in total. The van der Waals surface area contributed by atoms with E-state index in [-0.39, 0.29) is 17.5 Å². The molecule has 0 radical (unpaired) electrons. The highest BCUT2D eigenvalue weighted by Gasteiger charge is 2.15. The Morgan fingerprint density at radius 3 is 2.68 bits per heavy atom. The van der Waals surface area contributed by atoms with Gasteiger partial charge in [0.2, 0.25) is 0 Å². The highest BCUT2D eigenvalue weighted by atomic mass is 31.2.